The Kier molecular flexibility index (Phi) is 3.88. The predicted octanol–water partition coefficient (Wildman–Crippen LogP) is 2.56. The van der Waals surface area contributed by atoms with Crippen LogP contribution in [0.2, 0.25) is 0 Å². The van der Waals surface area contributed by atoms with E-state index in [-0.39, 0.29) is 6.61 Å². The van der Waals surface area contributed by atoms with Crippen LogP contribution in [0.25, 0.3) is 0 Å². The maximum absolute atomic E-state index is 13.0. The van der Waals surface area contributed by atoms with Gasteiger partial charge in [-0.3, -0.25) is 0 Å². The highest BCUT2D eigenvalue weighted by Crippen LogP contribution is 2.11. The summed E-state index contributed by atoms with van der Waals surface area (Å²) in [5.41, 5.74) is 1.20. The molecule has 0 amide bonds. The van der Waals surface area contributed by atoms with Gasteiger partial charge in [0.2, 0.25) is 0 Å². The molecule has 1 aromatic heterocycles. The number of H-pyrrole nitrogens is 1. The molecule has 1 heterocycles. The highest BCUT2D eigenvalue weighted by molar-refractivity contribution is 7.71. The fourth-order valence-corrected chi connectivity index (χ4v) is 2.07. The summed E-state index contributed by atoms with van der Waals surface area (Å²) in [5, 5.41) is 9.11. The average molecular weight is 270 g/mol. The molecule has 0 saturated heterocycles. The molecule has 0 saturated carbocycles. The van der Waals surface area contributed by atoms with Gasteiger partial charge in [0.15, 0.2) is 4.77 Å². The molecule has 2 N–H and O–H groups in total. The van der Waals surface area contributed by atoms with Gasteiger partial charge in [0, 0.05) is 18.8 Å². The molecule has 1 aromatic carbocycles. The van der Waals surface area contributed by atoms with Crippen LogP contribution in [0.4, 0.5) is 8.78 Å². The van der Waals surface area contributed by atoms with E-state index in [1.807, 2.05) is 0 Å². The first-order chi connectivity index (χ1) is 8.60. The van der Waals surface area contributed by atoms with Gasteiger partial charge in [0.25, 0.3) is 0 Å². The molecule has 0 unspecified atom stereocenters. The number of aliphatic hydroxyl groups excluding tert-OH is 1. The Morgan fingerprint density at radius 1 is 1.22 bits per heavy atom. The lowest BCUT2D eigenvalue weighted by Gasteiger charge is -2.07. The fourth-order valence-electron chi connectivity index (χ4n) is 1.80. The molecule has 2 rings (SSSR count). The topological polar surface area (TPSA) is 40.9 Å². The molecule has 96 valence electrons. The molecule has 0 aliphatic carbocycles. The second-order valence-corrected chi connectivity index (χ2v) is 4.31. The summed E-state index contributed by atoms with van der Waals surface area (Å²) in [4.78, 5) is 2.82. The van der Waals surface area contributed by atoms with Crippen molar-refractivity contribution in [3.05, 3.63) is 52.1 Å². The highest BCUT2D eigenvalue weighted by atomic mass is 32.1. The normalized spacial score (nSPS) is 10.8. The van der Waals surface area contributed by atoms with Gasteiger partial charge in [-0.2, -0.15) is 0 Å². The lowest BCUT2D eigenvalue weighted by Crippen LogP contribution is -2.06. The van der Waals surface area contributed by atoms with Crippen molar-refractivity contribution in [2.45, 2.75) is 19.6 Å². The number of halogens is 2. The Morgan fingerprint density at radius 2 is 1.89 bits per heavy atom. The molecule has 0 atom stereocenters. The van der Waals surface area contributed by atoms with Gasteiger partial charge >= 0.3 is 0 Å². The lowest BCUT2D eigenvalue weighted by molar-refractivity contribution is 0.270. The monoisotopic (exact) mass is 270 g/mol. The minimum Gasteiger partial charge on any atom is -0.390 e. The van der Waals surface area contributed by atoms with Gasteiger partial charge in [-0.1, -0.05) is 0 Å². The molecule has 2 aromatic rings. The molecule has 18 heavy (non-hydrogen) atoms. The Morgan fingerprint density at radius 3 is 2.50 bits per heavy atom. The Bertz CT molecular complexity index is 586. The minimum absolute atomic E-state index is 0.134. The standard InChI is InChI=1S/C12H12F2N2OS/c13-9-3-8(4-10(14)5-9)1-2-16-11(7-17)6-15-12(16)18/h3-6,17H,1-2,7H2,(H,15,18). The summed E-state index contributed by atoms with van der Waals surface area (Å²) in [6, 6.07) is 3.42. The molecule has 6 heteroatoms. The summed E-state index contributed by atoms with van der Waals surface area (Å²) >= 11 is 5.05. The van der Waals surface area contributed by atoms with Gasteiger partial charge in [0.05, 0.1) is 12.3 Å². The first-order valence-corrected chi connectivity index (χ1v) is 5.84. The quantitative estimate of drug-likeness (QED) is 0.838. The zero-order chi connectivity index (χ0) is 13.1. The molecule has 3 nitrogen and oxygen atoms in total. The van der Waals surface area contributed by atoms with Crippen molar-refractivity contribution >= 4 is 12.2 Å². The number of hydrogen-bond donors (Lipinski definition) is 2. The van der Waals surface area contributed by atoms with Gasteiger partial charge in [-0.15, -0.1) is 0 Å². The smallest absolute Gasteiger partial charge is 0.177 e. The number of hydrogen-bond acceptors (Lipinski definition) is 2. The SMILES string of the molecule is OCc1c[nH]c(=S)n1CCc1cc(F)cc(F)c1. The molecule has 0 fully saturated rings. The van der Waals surface area contributed by atoms with Crippen molar-refractivity contribution in [1.82, 2.24) is 9.55 Å². The number of aromatic amines is 1. The van der Waals surface area contributed by atoms with Crippen molar-refractivity contribution in [2.75, 3.05) is 0 Å². The number of aromatic nitrogens is 2. The van der Waals surface area contributed by atoms with Gasteiger partial charge in [0.1, 0.15) is 11.6 Å². The van der Waals surface area contributed by atoms with Crippen LogP contribution < -0.4 is 0 Å². The van der Waals surface area contributed by atoms with Crippen molar-refractivity contribution in [3.63, 3.8) is 0 Å². The number of aliphatic hydroxyl groups is 1. The Hall–Kier alpha value is -1.53. The first kappa shape index (κ1) is 12.9. The minimum atomic E-state index is -0.593. The van der Waals surface area contributed by atoms with Crippen LogP contribution in [0.15, 0.2) is 24.4 Å². The maximum atomic E-state index is 13.0. The second kappa shape index (κ2) is 5.41. The van der Waals surface area contributed by atoms with E-state index in [9.17, 15) is 8.78 Å². The number of nitrogens with one attached hydrogen (secondary N) is 1. The van der Waals surface area contributed by atoms with Gasteiger partial charge in [-0.05, 0) is 36.3 Å². The summed E-state index contributed by atoms with van der Waals surface area (Å²) in [6.07, 6.45) is 2.06. The van der Waals surface area contributed by atoms with Crippen LogP contribution >= 0.6 is 12.2 Å². The van der Waals surface area contributed by atoms with E-state index in [1.165, 1.54) is 12.1 Å². The van der Waals surface area contributed by atoms with Crippen LogP contribution in [0.1, 0.15) is 11.3 Å². The van der Waals surface area contributed by atoms with Crippen LogP contribution in [-0.4, -0.2) is 14.7 Å². The molecular weight excluding hydrogens is 258 g/mol. The molecule has 0 spiro atoms. The molecule has 0 radical (unpaired) electrons. The van der Waals surface area contributed by atoms with Crippen molar-refractivity contribution in [1.29, 1.82) is 0 Å². The fraction of sp³-hybridized carbons (Fsp3) is 0.250. The highest BCUT2D eigenvalue weighted by Gasteiger charge is 2.05. The van der Waals surface area contributed by atoms with E-state index in [0.717, 1.165) is 6.07 Å². The largest absolute Gasteiger partial charge is 0.390 e. The molecule has 0 bridgehead atoms. The van der Waals surface area contributed by atoms with Crippen molar-refractivity contribution in [2.24, 2.45) is 0 Å². The molecule has 0 aliphatic rings. The van der Waals surface area contributed by atoms with E-state index in [1.54, 1.807) is 10.8 Å². The van der Waals surface area contributed by atoms with Crippen molar-refractivity contribution < 1.29 is 13.9 Å². The summed E-state index contributed by atoms with van der Waals surface area (Å²) < 4.78 is 28.2. The van der Waals surface area contributed by atoms with Crippen molar-refractivity contribution in [3.8, 4) is 0 Å². The van der Waals surface area contributed by atoms with Crippen LogP contribution in [0, 0.1) is 16.4 Å². The van der Waals surface area contributed by atoms with Gasteiger partial charge < -0.3 is 14.7 Å². The third kappa shape index (κ3) is 2.83. The number of benzene rings is 1. The third-order valence-corrected chi connectivity index (χ3v) is 3.00. The number of nitrogens with zero attached hydrogens (tertiary/aromatic N) is 1. The predicted molar refractivity (Wildman–Crippen MR) is 65.6 cm³/mol. The van der Waals surface area contributed by atoms with E-state index in [4.69, 9.17) is 17.3 Å². The van der Waals surface area contributed by atoms with Gasteiger partial charge in [-0.25, -0.2) is 8.78 Å². The molecule has 0 aliphatic heterocycles. The van der Waals surface area contributed by atoms with Crippen LogP contribution in [-0.2, 0) is 19.6 Å². The zero-order valence-electron chi connectivity index (χ0n) is 9.49. The number of imidazole rings is 1. The van der Waals surface area contributed by atoms with E-state index < -0.39 is 11.6 Å². The Balaban J connectivity index is 2.16. The van der Waals surface area contributed by atoms with E-state index in [2.05, 4.69) is 4.98 Å². The lowest BCUT2D eigenvalue weighted by atomic mass is 10.1. The summed E-state index contributed by atoms with van der Waals surface area (Å²) in [6.45, 7) is 0.325. The zero-order valence-corrected chi connectivity index (χ0v) is 10.3. The third-order valence-electron chi connectivity index (χ3n) is 2.66. The van der Waals surface area contributed by atoms with Crippen LogP contribution in [0.3, 0.4) is 0 Å². The van der Waals surface area contributed by atoms with E-state index in [0.29, 0.717) is 29.0 Å². The summed E-state index contributed by atoms with van der Waals surface area (Å²) in [7, 11) is 0. The van der Waals surface area contributed by atoms with Crippen LogP contribution in [0.5, 0.6) is 0 Å². The number of rotatable bonds is 4. The first-order valence-electron chi connectivity index (χ1n) is 5.43. The Labute approximate surface area is 108 Å². The summed E-state index contributed by atoms with van der Waals surface area (Å²) in [5.74, 6) is -1.19. The maximum Gasteiger partial charge on any atom is 0.177 e. The van der Waals surface area contributed by atoms with E-state index >= 15 is 0 Å². The average Bonchev–Trinajstić information content (AvgIpc) is 2.66. The second-order valence-electron chi connectivity index (χ2n) is 3.92. The number of aryl methyl sites for hydroxylation is 1. The molecular formula is C12H12F2N2OS.